The molecule has 0 spiro atoms. The van der Waals surface area contributed by atoms with Crippen molar-refractivity contribution >= 4 is 21.9 Å². The molecule has 10 heteroatoms. The number of hydrogen-bond donors (Lipinski definition) is 0. The third-order valence-electron chi connectivity index (χ3n) is 3.42. The van der Waals surface area contributed by atoms with Gasteiger partial charge in [-0.2, -0.15) is 4.31 Å². The van der Waals surface area contributed by atoms with Gasteiger partial charge in [0, 0.05) is 20.7 Å². The number of benzene rings is 1. The minimum absolute atomic E-state index is 0.110. The van der Waals surface area contributed by atoms with Gasteiger partial charge in [0.15, 0.2) is 0 Å². The zero-order valence-corrected chi connectivity index (χ0v) is 15.8. The molecule has 0 atom stereocenters. The summed E-state index contributed by atoms with van der Waals surface area (Å²) < 4.78 is 48.4. The zero-order chi connectivity index (χ0) is 19.7. The maximum atomic E-state index is 13.0. The number of rotatable bonds is 10. The number of carbonyl (C=O) groups excluding carboxylic acids is 2. The fourth-order valence-corrected chi connectivity index (χ4v) is 3.14. The molecule has 0 bridgehead atoms. The van der Waals surface area contributed by atoms with E-state index in [2.05, 4.69) is 0 Å². The summed E-state index contributed by atoms with van der Waals surface area (Å²) >= 11 is 0. The van der Waals surface area contributed by atoms with Crippen LogP contribution in [-0.4, -0.2) is 76.5 Å². The van der Waals surface area contributed by atoms with Crippen LogP contribution in [0, 0.1) is 5.82 Å². The Bertz CT molecular complexity index is 708. The van der Waals surface area contributed by atoms with Crippen LogP contribution >= 0.6 is 0 Å². The number of amides is 1. The Morgan fingerprint density at radius 1 is 1.15 bits per heavy atom. The number of halogens is 1. The van der Waals surface area contributed by atoms with Crippen LogP contribution in [0.5, 0.6) is 0 Å². The molecule has 1 rings (SSSR count). The summed E-state index contributed by atoms with van der Waals surface area (Å²) in [5.41, 5.74) is 0. The van der Waals surface area contributed by atoms with Crippen molar-refractivity contribution in [2.75, 3.05) is 47.0 Å². The van der Waals surface area contributed by atoms with Gasteiger partial charge in [-0.1, -0.05) is 0 Å². The van der Waals surface area contributed by atoms with E-state index in [1.54, 1.807) is 6.92 Å². The SMILES string of the molecule is CCOC(=O)CN(CCOC)C(=O)CN(C)S(=O)(=O)c1ccc(F)cc1. The molecule has 26 heavy (non-hydrogen) atoms. The fourth-order valence-electron chi connectivity index (χ4n) is 2.02. The van der Waals surface area contributed by atoms with Crippen molar-refractivity contribution in [3.05, 3.63) is 30.1 Å². The summed E-state index contributed by atoms with van der Waals surface area (Å²) in [5, 5.41) is 0. The first-order valence-electron chi connectivity index (χ1n) is 7.86. The molecule has 0 aliphatic carbocycles. The molecule has 0 radical (unpaired) electrons. The van der Waals surface area contributed by atoms with E-state index in [9.17, 15) is 22.4 Å². The number of methoxy groups -OCH3 is 1. The molecule has 1 aromatic rings. The second-order valence-corrected chi connectivity index (χ2v) is 7.37. The number of likely N-dealkylation sites (N-methyl/N-ethyl adjacent to an activating group) is 1. The Kier molecular flexibility index (Phi) is 8.62. The number of carbonyl (C=O) groups is 2. The van der Waals surface area contributed by atoms with Crippen molar-refractivity contribution in [3.8, 4) is 0 Å². The van der Waals surface area contributed by atoms with Gasteiger partial charge < -0.3 is 14.4 Å². The molecule has 0 fully saturated rings. The van der Waals surface area contributed by atoms with E-state index in [-0.39, 0.29) is 31.2 Å². The maximum absolute atomic E-state index is 13.0. The van der Waals surface area contributed by atoms with Crippen LogP contribution in [-0.2, 0) is 29.1 Å². The lowest BCUT2D eigenvalue weighted by Gasteiger charge is -2.24. The Morgan fingerprint density at radius 2 is 1.77 bits per heavy atom. The minimum atomic E-state index is -3.97. The predicted molar refractivity (Wildman–Crippen MR) is 91.3 cm³/mol. The molecule has 0 aliphatic heterocycles. The summed E-state index contributed by atoms with van der Waals surface area (Å²) in [6.07, 6.45) is 0. The van der Waals surface area contributed by atoms with E-state index in [4.69, 9.17) is 9.47 Å². The number of ether oxygens (including phenoxy) is 2. The second kappa shape index (κ2) is 10.2. The van der Waals surface area contributed by atoms with Crippen LogP contribution in [0.4, 0.5) is 4.39 Å². The summed E-state index contributed by atoms with van der Waals surface area (Å²) in [6.45, 7) is 1.31. The molecule has 0 saturated heterocycles. The minimum Gasteiger partial charge on any atom is -0.465 e. The monoisotopic (exact) mass is 390 g/mol. The first kappa shape index (κ1) is 22.0. The second-order valence-electron chi connectivity index (χ2n) is 5.33. The topological polar surface area (TPSA) is 93.2 Å². The van der Waals surface area contributed by atoms with Gasteiger partial charge >= 0.3 is 5.97 Å². The molecule has 0 aliphatic rings. The first-order valence-corrected chi connectivity index (χ1v) is 9.30. The van der Waals surface area contributed by atoms with Crippen molar-refractivity contribution in [2.24, 2.45) is 0 Å². The largest absolute Gasteiger partial charge is 0.465 e. The highest BCUT2D eigenvalue weighted by molar-refractivity contribution is 7.89. The molecule has 146 valence electrons. The Balaban J connectivity index is 2.85. The molecule has 0 unspecified atom stereocenters. The van der Waals surface area contributed by atoms with Crippen LogP contribution in [0.3, 0.4) is 0 Å². The van der Waals surface area contributed by atoms with Gasteiger partial charge in [0.2, 0.25) is 15.9 Å². The highest BCUT2D eigenvalue weighted by Crippen LogP contribution is 2.15. The van der Waals surface area contributed by atoms with E-state index >= 15 is 0 Å². The Hall–Kier alpha value is -2.04. The Morgan fingerprint density at radius 3 is 2.31 bits per heavy atom. The zero-order valence-electron chi connectivity index (χ0n) is 15.0. The summed E-state index contributed by atoms with van der Waals surface area (Å²) in [6, 6.07) is 4.28. The maximum Gasteiger partial charge on any atom is 0.325 e. The van der Waals surface area contributed by atoms with Crippen LogP contribution < -0.4 is 0 Å². The third-order valence-corrected chi connectivity index (χ3v) is 5.24. The normalized spacial score (nSPS) is 11.4. The van der Waals surface area contributed by atoms with Crippen LogP contribution in [0.15, 0.2) is 29.2 Å². The molecule has 0 N–H and O–H groups in total. The van der Waals surface area contributed by atoms with Crippen molar-refractivity contribution in [1.82, 2.24) is 9.21 Å². The lowest BCUT2D eigenvalue weighted by Crippen LogP contribution is -2.44. The number of sulfonamides is 1. The number of hydrogen-bond acceptors (Lipinski definition) is 6. The van der Waals surface area contributed by atoms with E-state index < -0.39 is 34.3 Å². The highest BCUT2D eigenvalue weighted by Gasteiger charge is 2.26. The van der Waals surface area contributed by atoms with Gasteiger partial charge in [-0.05, 0) is 31.2 Å². The van der Waals surface area contributed by atoms with Crippen LogP contribution in [0.1, 0.15) is 6.92 Å². The Labute approximate surface area is 152 Å². The summed E-state index contributed by atoms with van der Waals surface area (Å²) in [5.74, 6) is -1.74. The van der Waals surface area contributed by atoms with E-state index in [1.165, 1.54) is 14.2 Å². The van der Waals surface area contributed by atoms with Gasteiger partial charge in [-0.3, -0.25) is 9.59 Å². The molecule has 8 nitrogen and oxygen atoms in total. The van der Waals surface area contributed by atoms with E-state index in [0.717, 1.165) is 33.5 Å². The average molecular weight is 390 g/mol. The molecule has 1 aromatic carbocycles. The predicted octanol–water partition coefficient (Wildman–Crippen LogP) is 0.484. The van der Waals surface area contributed by atoms with Gasteiger partial charge in [0.25, 0.3) is 0 Å². The molecular formula is C16H23FN2O6S. The van der Waals surface area contributed by atoms with E-state index in [1.807, 2.05) is 0 Å². The van der Waals surface area contributed by atoms with Gasteiger partial charge in [0.1, 0.15) is 12.4 Å². The van der Waals surface area contributed by atoms with Crippen molar-refractivity contribution in [2.45, 2.75) is 11.8 Å². The van der Waals surface area contributed by atoms with Crippen LogP contribution in [0.25, 0.3) is 0 Å². The number of esters is 1. The first-order chi connectivity index (χ1) is 12.2. The van der Waals surface area contributed by atoms with Crippen molar-refractivity contribution in [3.63, 3.8) is 0 Å². The molecule has 0 saturated carbocycles. The average Bonchev–Trinajstić information content (AvgIpc) is 2.59. The van der Waals surface area contributed by atoms with Gasteiger partial charge in [-0.15, -0.1) is 0 Å². The standard InChI is InChI=1S/C16H23FN2O6S/c1-4-25-16(21)12-19(9-10-24-3)15(20)11-18(2)26(22,23)14-7-5-13(17)6-8-14/h5-8H,4,9-12H2,1-3H3. The summed E-state index contributed by atoms with van der Waals surface area (Å²) in [4.78, 5) is 25.1. The molecule has 0 aromatic heterocycles. The summed E-state index contributed by atoms with van der Waals surface area (Å²) in [7, 11) is -1.30. The number of nitrogens with zero attached hydrogens (tertiary/aromatic N) is 2. The van der Waals surface area contributed by atoms with Gasteiger partial charge in [0.05, 0.1) is 24.7 Å². The van der Waals surface area contributed by atoms with Gasteiger partial charge in [-0.25, -0.2) is 12.8 Å². The smallest absolute Gasteiger partial charge is 0.325 e. The molecular weight excluding hydrogens is 367 g/mol. The van der Waals surface area contributed by atoms with Crippen molar-refractivity contribution < 1.29 is 31.9 Å². The van der Waals surface area contributed by atoms with Crippen LogP contribution in [0.2, 0.25) is 0 Å². The lowest BCUT2D eigenvalue weighted by molar-refractivity contribution is -0.149. The quantitative estimate of drug-likeness (QED) is 0.540. The van der Waals surface area contributed by atoms with Crippen molar-refractivity contribution in [1.29, 1.82) is 0 Å². The third kappa shape index (κ3) is 6.36. The lowest BCUT2D eigenvalue weighted by atomic mass is 10.4. The highest BCUT2D eigenvalue weighted by atomic mass is 32.2. The molecule has 0 heterocycles. The van der Waals surface area contributed by atoms with E-state index in [0.29, 0.717) is 0 Å². The molecule has 1 amide bonds. The fraction of sp³-hybridized carbons (Fsp3) is 0.500.